The van der Waals surface area contributed by atoms with Crippen LogP contribution in [0.2, 0.25) is 0 Å². The van der Waals surface area contributed by atoms with E-state index < -0.39 is 0 Å². The van der Waals surface area contributed by atoms with E-state index in [0.29, 0.717) is 11.9 Å². The molecule has 3 rings (SSSR count). The summed E-state index contributed by atoms with van der Waals surface area (Å²) >= 11 is 0. The Morgan fingerprint density at radius 2 is 1.23 bits per heavy atom. The van der Waals surface area contributed by atoms with Gasteiger partial charge in [-0.1, -0.05) is 6.07 Å². The predicted molar refractivity (Wildman–Crippen MR) is 81.5 cm³/mol. The van der Waals surface area contributed by atoms with E-state index in [4.69, 9.17) is 11.5 Å². The van der Waals surface area contributed by atoms with Gasteiger partial charge >= 0.3 is 0 Å². The lowest BCUT2D eigenvalue weighted by Crippen LogP contribution is -2.03. The zero-order valence-electron chi connectivity index (χ0n) is 11.3. The maximum atomic E-state index is 5.51. The molecule has 0 saturated carbocycles. The van der Waals surface area contributed by atoms with Gasteiger partial charge in [-0.15, -0.1) is 0 Å². The van der Waals surface area contributed by atoms with Crippen LogP contribution in [-0.2, 0) is 0 Å². The minimum Gasteiger partial charge on any atom is -0.368 e. The minimum atomic E-state index is 0.146. The van der Waals surface area contributed by atoms with E-state index in [-0.39, 0.29) is 11.9 Å². The third-order valence-corrected chi connectivity index (χ3v) is 2.56. The third-order valence-electron chi connectivity index (χ3n) is 2.56. The largest absolute Gasteiger partial charge is 0.368 e. The number of nitrogens with one attached hydrogen (secondary N) is 2. The molecule has 0 aliphatic rings. The number of benzene rings is 1. The molecule has 2 heterocycles. The number of nitrogens with zero attached hydrogens (tertiary/aromatic N) is 6. The predicted octanol–water partition coefficient (Wildman–Crippen LogP) is 0.708. The number of nitrogen functional groups attached to an aromatic ring is 2. The first-order valence-electron chi connectivity index (χ1n) is 6.22. The Hall–Kier alpha value is -3.56. The van der Waals surface area contributed by atoms with Gasteiger partial charge in [0.1, 0.15) is 12.7 Å². The number of rotatable bonds is 4. The smallest absolute Gasteiger partial charge is 0.231 e. The van der Waals surface area contributed by atoms with Crippen molar-refractivity contribution in [3.8, 4) is 0 Å². The average molecular weight is 296 g/mol. The first kappa shape index (κ1) is 13.4. The van der Waals surface area contributed by atoms with Crippen LogP contribution in [0.1, 0.15) is 0 Å². The Labute approximate surface area is 125 Å². The van der Waals surface area contributed by atoms with Gasteiger partial charge in [0.2, 0.25) is 23.8 Å². The maximum Gasteiger partial charge on any atom is 0.231 e. The van der Waals surface area contributed by atoms with Gasteiger partial charge < -0.3 is 22.1 Å². The molecule has 0 spiro atoms. The van der Waals surface area contributed by atoms with Crippen LogP contribution in [0.5, 0.6) is 0 Å². The maximum absolute atomic E-state index is 5.51. The van der Waals surface area contributed by atoms with E-state index in [9.17, 15) is 0 Å². The Kier molecular flexibility index (Phi) is 3.56. The molecule has 0 atom stereocenters. The third kappa shape index (κ3) is 3.30. The van der Waals surface area contributed by atoms with Crippen molar-refractivity contribution >= 4 is 35.2 Å². The van der Waals surface area contributed by atoms with Crippen LogP contribution in [0.25, 0.3) is 0 Å². The van der Waals surface area contributed by atoms with Crippen molar-refractivity contribution in [2.75, 3.05) is 22.1 Å². The molecular formula is C12H12N10. The highest BCUT2D eigenvalue weighted by Crippen LogP contribution is 2.20. The summed E-state index contributed by atoms with van der Waals surface area (Å²) in [4.78, 5) is 23.4. The Bertz CT molecular complexity index is 727. The molecule has 1 aromatic carbocycles. The standard InChI is InChI=1S/C12H12N10/c13-9-15-5-17-11(21-9)19-7-2-1-3-8(4-7)20-12-18-6-16-10(14)22-12/h1-6H,(H3,13,15,17,19,21)(H3,14,16,18,20,22). The van der Waals surface area contributed by atoms with Crippen molar-refractivity contribution in [3.63, 3.8) is 0 Å². The Morgan fingerprint density at radius 3 is 1.68 bits per heavy atom. The molecule has 6 N–H and O–H groups in total. The van der Waals surface area contributed by atoms with E-state index in [1.54, 1.807) is 0 Å². The molecule has 0 saturated heterocycles. The summed E-state index contributed by atoms with van der Waals surface area (Å²) in [5, 5.41) is 6.04. The Morgan fingerprint density at radius 1 is 0.727 bits per heavy atom. The highest BCUT2D eigenvalue weighted by Gasteiger charge is 2.02. The lowest BCUT2D eigenvalue weighted by Gasteiger charge is -2.08. The molecule has 3 aromatic rings. The van der Waals surface area contributed by atoms with Crippen LogP contribution in [0, 0.1) is 0 Å². The molecular weight excluding hydrogens is 284 g/mol. The van der Waals surface area contributed by atoms with E-state index in [2.05, 4.69) is 40.5 Å². The van der Waals surface area contributed by atoms with Crippen molar-refractivity contribution in [1.29, 1.82) is 0 Å². The number of aromatic nitrogens is 6. The van der Waals surface area contributed by atoms with Gasteiger partial charge in [-0.25, -0.2) is 19.9 Å². The molecule has 110 valence electrons. The first-order chi connectivity index (χ1) is 10.7. The summed E-state index contributed by atoms with van der Waals surface area (Å²) in [5.41, 5.74) is 12.5. The molecule has 2 aromatic heterocycles. The second kappa shape index (κ2) is 5.83. The second-order valence-electron chi connectivity index (χ2n) is 4.17. The molecule has 10 heteroatoms. The number of hydrogen-bond acceptors (Lipinski definition) is 10. The van der Waals surface area contributed by atoms with Crippen LogP contribution < -0.4 is 22.1 Å². The SMILES string of the molecule is Nc1ncnc(Nc2cccc(Nc3ncnc(N)n3)c2)n1. The van der Waals surface area contributed by atoms with Crippen molar-refractivity contribution < 1.29 is 0 Å². The Balaban J connectivity index is 1.78. The van der Waals surface area contributed by atoms with Gasteiger partial charge in [0.25, 0.3) is 0 Å². The molecule has 10 nitrogen and oxygen atoms in total. The van der Waals surface area contributed by atoms with Crippen LogP contribution in [-0.4, -0.2) is 29.9 Å². The van der Waals surface area contributed by atoms with Crippen LogP contribution in [0.15, 0.2) is 36.9 Å². The van der Waals surface area contributed by atoms with Gasteiger partial charge in [0.15, 0.2) is 0 Å². The zero-order chi connectivity index (χ0) is 15.4. The van der Waals surface area contributed by atoms with Crippen molar-refractivity contribution in [2.24, 2.45) is 0 Å². The van der Waals surface area contributed by atoms with E-state index in [1.165, 1.54) is 12.7 Å². The lowest BCUT2D eigenvalue weighted by atomic mass is 10.3. The van der Waals surface area contributed by atoms with Crippen LogP contribution >= 0.6 is 0 Å². The number of hydrogen-bond donors (Lipinski definition) is 4. The molecule has 0 unspecified atom stereocenters. The molecule has 0 bridgehead atoms. The zero-order valence-corrected chi connectivity index (χ0v) is 11.3. The van der Waals surface area contributed by atoms with Crippen LogP contribution in [0.3, 0.4) is 0 Å². The normalized spacial score (nSPS) is 10.2. The summed E-state index contributed by atoms with van der Waals surface area (Å²) < 4.78 is 0. The van der Waals surface area contributed by atoms with E-state index >= 15 is 0 Å². The van der Waals surface area contributed by atoms with E-state index in [0.717, 1.165) is 11.4 Å². The fraction of sp³-hybridized carbons (Fsp3) is 0. The topological polar surface area (TPSA) is 153 Å². The summed E-state index contributed by atoms with van der Waals surface area (Å²) in [6, 6.07) is 7.39. The quantitative estimate of drug-likeness (QED) is 0.541. The molecule has 0 aliphatic heterocycles. The average Bonchev–Trinajstić information content (AvgIpc) is 2.47. The lowest BCUT2D eigenvalue weighted by molar-refractivity contribution is 1.07. The molecule has 0 fully saturated rings. The minimum absolute atomic E-state index is 0.146. The van der Waals surface area contributed by atoms with Gasteiger partial charge in [0.05, 0.1) is 0 Å². The molecule has 0 amide bonds. The monoisotopic (exact) mass is 296 g/mol. The molecule has 22 heavy (non-hydrogen) atoms. The summed E-state index contributed by atoms with van der Waals surface area (Å²) in [6.45, 7) is 0. The number of anilines is 6. The van der Waals surface area contributed by atoms with Gasteiger partial charge in [-0.05, 0) is 18.2 Å². The van der Waals surface area contributed by atoms with Gasteiger partial charge in [0, 0.05) is 11.4 Å². The fourth-order valence-corrected chi connectivity index (χ4v) is 1.67. The highest BCUT2D eigenvalue weighted by atomic mass is 15.2. The summed E-state index contributed by atoms with van der Waals surface area (Å²) in [6.07, 6.45) is 2.67. The van der Waals surface area contributed by atoms with Crippen LogP contribution in [0.4, 0.5) is 35.2 Å². The summed E-state index contributed by atoms with van der Waals surface area (Å²) in [5.74, 6) is 1.00. The number of nitrogens with two attached hydrogens (primary N) is 2. The van der Waals surface area contributed by atoms with Crippen molar-refractivity contribution in [3.05, 3.63) is 36.9 Å². The fourth-order valence-electron chi connectivity index (χ4n) is 1.67. The highest BCUT2D eigenvalue weighted by molar-refractivity contribution is 5.64. The summed E-state index contributed by atoms with van der Waals surface area (Å²) in [7, 11) is 0. The second-order valence-corrected chi connectivity index (χ2v) is 4.17. The molecule has 0 aliphatic carbocycles. The van der Waals surface area contributed by atoms with Crippen molar-refractivity contribution in [1.82, 2.24) is 29.9 Å². The molecule has 0 radical (unpaired) electrons. The van der Waals surface area contributed by atoms with E-state index in [1.807, 2.05) is 24.3 Å². The first-order valence-corrected chi connectivity index (χ1v) is 6.22. The van der Waals surface area contributed by atoms with Gasteiger partial charge in [-0.2, -0.15) is 9.97 Å². The van der Waals surface area contributed by atoms with Gasteiger partial charge in [-0.3, -0.25) is 0 Å². The van der Waals surface area contributed by atoms with Crippen molar-refractivity contribution in [2.45, 2.75) is 0 Å².